The lowest BCUT2D eigenvalue weighted by atomic mass is 9.53. The highest BCUT2D eigenvalue weighted by Gasteiger charge is 2.61. The maximum Gasteiger partial charge on any atom is 0.412 e. The number of aliphatic hydroxyl groups excluding tert-OH is 3. The Balaban J connectivity index is 1.82. The molecule has 2 saturated carbocycles. The first kappa shape index (κ1) is 26.6. The Morgan fingerprint density at radius 2 is 1.68 bits per heavy atom. The highest BCUT2D eigenvalue weighted by atomic mass is 16.6. The summed E-state index contributed by atoms with van der Waals surface area (Å²) in [6.07, 6.45) is -3.64. The van der Waals surface area contributed by atoms with Crippen LogP contribution in [-0.4, -0.2) is 61.8 Å². The number of rotatable bonds is 2. The summed E-state index contributed by atoms with van der Waals surface area (Å²) < 4.78 is 5.21. The lowest BCUT2D eigenvalue weighted by Gasteiger charge is -2.51. The molecule has 11 heteroatoms. The highest BCUT2D eigenvalue weighted by molar-refractivity contribution is 6.19. The first-order valence-electron chi connectivity index (χ1n) is 12.1. The smallest absolute Gasteiger partial charge is 0.412 e. The van der Waals surface area contributed by atoms with Crippen LogP contribution >= 0.6 is 0 Å². The second-order valence-corrected chi connectivity index (χ2v) is 11.2. The van der Waals surface area contributed by atoms with Gasteiger partial charge in [-0.1, -0.05) is 19.9 Å². The molecule has 8 atom stereocenters. The van der Waals surface area contributed by atoms with Crippen molar-refractivity contribution in [3.63, 3.8) is 0 Å². The van der Waals surface area contributed by atoms with Crippen molar-refractivity contribution in [2.24, 2.45) is 35.3 Å². The second-order valence-electron chi connectivity index (χ2n) is 11.2. The lowest BCUT2D eigenvalue weighted by molar-refractivity contribution is -0.164. The van der Waals surface area contributed by atoms with Crippen molar-refractivity contribution < 1.29 is 44.3 Å². The van der Waals surface area contributed by atoms with Crippen LogP contribution in [0.2, 0.25) is 0 Å². The van der Waals surface area contributed by atoms with Crippen molar-refractivity contribution in [3.05, 3.63) is 28.8 Å². The molecule has 7 N–H and O–H groups in total. The number of anilines is 1. The molecule has 0 bridgehead atoms. The third-order valence-corrected chi connectivity index (χ3v) is 7.80. The van der Waals surface area contributed by atoms with Crippen LogP contribution in [-0.2, 0) is 19.1 Å². The van der Waals surface area contributed by atoms with Crippen LogP contribution in [0.25, 0.3) is 5.76 Å². The second kappa shape index (κ2) is 8.84. The van der Waals surface area contributed by atoms with Crippen LogP contribution in [0.15, 0.2) is 17.7 Å². The van der Waals surface area contributed by atoms with E-state index >= 15 is 0 Å². The first-order valence-corrected chi connectivity index (χ1v) is 12.1. The van der Waals surface area contributed by atoms with Crippen molar-refractivity contribution >= 4 is 35.0 Å². The normalized spacial score (nSPS) is 33.3. The fraction of sp³-hybridized carbons (Fsp3) is 0.538. The maximum atomic E-state index is 13.7. The Labute approximate surface area is 213 Å². The zero-order valence-electron chi connectivity index (χ0n) is 21.2. The highest BCUT2D eigenvalue weighted by Crippen LogP contribution is 2.55. The number of phenolic OH excluding ortho intramolecular Hbond substituents is 1. The predicted molar refractivity (Wildman–Crippen MR) is 130 cm³/mol. The van der Waals surface area contributed by atoms with Gasteiger partial charge >= 0.3 is 6.09 Å². The van der Waals surface area contributed by atoms with Gasteiger partial charge in [0.05, 0.1) is 29.4 Å². The van der Waals surface area contributed by atoms with Crippen molar-refractivity contribution in [2.45, 2.75) is 58.3 Å². The quantitative estimate of drug-likeness (QED) is 0.250. The van der Waals surface area contributed by atoms with Crippen molar-refractivity contribution in [3.8, 4) is 5.75 Å². The molecular weight excluding hydrogens is 484 g/mol. The molecule has 11 nitrogen and oxygen atoms in total. The van der Waals surface area contributed by atoms with Crippen LogP contribution in [0, 0.1) is 29.6 Å². The number of aromatic hydroxyl groups is 1. The fourth-order valence-corrected chi connectivity index (χ4v) is 6.15. The lowest BCUT2D eigenvalue weighted by Crippen LogP contribution is -2.62. The van der Waals surface area contributed by atoms with Gasteiger partial charge < -0.3 is 30.9 Å². The Morgan fingerprint density at radius 3 is 2.24 bits per heavy atom. The monoisotopic (exact) mass is 516 g/mol. The van der Waals surface area contributed by atoms with Gasteiger partial charge in [0.15, 0.2) is 11.6 Å². The molecule has 5 unspecified atom stereocenters. The summed E-state index contributed by atoms with van der Waals surface area (Å²) in [4.78, 5) is 51.1. The number of benzene rings is 1. The van der Waals surface area contributed by atoms with Gasteiger partial charge in [0.1, 0.15) is 23.0 Å². The van der Waals surface area contributed by atoms with Gasteiger partial charge in [0.2, 0.25) is 5.91 Å². The van der Waals surface area contributed by atoms with Crippen molar-refractivity contribution in [1.82, 2.24) is 0 Å². The molecule has 1 aromatic rings. The number of phenols is 1. The topological polar surface area (TPSA) is 196 Å². The van der Waals surface area contributed by atoms with E-state index in [1.165, 1.54) is 13.0 Å². The van der Waals surface area contributed by atoms with Gasteiger partial charge in [-0.3, -0.25) is 19.7 Å². The number of nitrogens with one attached hydrogen (secondary N) is 1. The number of ether oxygens (including phenoxy) is 1. The first-order chi connectivity index (χ1) is 17.1. The number of amides is 2. The number of aliphatic hydroxyl groups is 3. The molecule has 2 fully saturated rings. The zero-order valence-corrected chi connectivity index (χ0v) is 21.2. The molecule has 0 heterocycles. The summed E-state index contributed by atoms with van der Waals surface area (Å²) in [7, 11) is 0. The van der Waals surface area contributed by atoms with Gasteiger partial charge in [-0.25, -0.2) is 4.79 Å². The van der Waals surface area contributed by atoms with E-state index < -0.39 is 88.4 Å². The van der Waals surface area contributed by atoms with Gasteiger partial charge in [-0.05, 0) is 44.2 Å². The van der Waals surface area contributed by atoms with E-state index in [-0.39, 0.29) is 16.8 Å². The van der Waals surface area contributed by atoms with E-state index in [4.69, 9.17) is 10.5 Å². The average molecular weight is 517 g/mol. The minimum atomic E-state index is -1.63. The van der Waals surface area contributed by atoms with Crippen LogP contribution in [0.5, 0.6) is 5.75 Å². The van der Waals surface area contributed by atoms with Crippen LogP contribution in [0.4, 0.5) is 10.5 Å². The standard InChI is InChI=1S/C26H32N2O9/c1-8-10-6-7-11(28-25(36)37-26(3,4)5)19(30)14(10)21(32)15-12(8)20(31)13-9(2)18(29)17(24(27)35)23(34)16(13)22(15)33/h6-9,12-13,16-18,20,29-32H,1-5H3,(H2,27,35)(H,28,36)/t8-,9-,12?,13?,16?,17?,18?,20-/m0/s1. The SMILES string of the molecule is C[C@@H]1C(O)C(C(N)=O)C(=O)C2C(=O)C3=C(O)c4c(ccc(NC(=O)OC(C)(C)C)c4O)[C@H](C)C3[C@H](O)C21. The molecule has 3 aliphatic rings. The third-order valence-electron chi connectivity index (χ3n) is 7.80. The Bertz CT molecular complexity index is 1230. The minimum Gasteiger partial charge on any atom is -0.507 e. The van der Waals surface area contributed by atoms with Gasteiger partial charge in [0.25, 0.3) is 0 Å². The maximum absolute atomic E-state index is 13.7. The van der Waals surface area contributed by atoms with Gasteiger partial charge in [-0.2, -0.15) is 0 Å². The number of primary amides is 1. The summed E-state index contributed by atoms with van der Waals surface area (Å²) in [5.74, 6) is -10.4. The molecule has 0 radical (unpaired) electrons. The molecule has 200 valence electrons. The number of hydrogen-bond donors (Lipinski definition) is 6. The summed E-state index contributed by atoms with van der Waals surface area (Å²) in [6, 6.07) is 2.97. The van der Waals surface area contributed by atoms with Gasteiger partial charge in [-0.15, -0.1) is 0 Å². The zero-order chi connectivity index (χ0) is 27.7. The van der Waals surface area contributed by atoms with E-state index in [1.54, 1.807) is 33.8 Å². The van der Waals surface area contributed by atoms with E-state index in [1.807, 2.05) is 0 Å². The molecule has 3 aliphatic carbocycles. The Morgan fingerprint density at radius 1 is 1.05 bits per heavy atom. The molecule has 2 amide bonds. The van der Waals surface area contributed by atoms with Gasteiger partial charge in [0, 0.05) is 17.4 Å². The minimum absolute atomic E-state index is 0.0771. The Hall–Kier alpha value is -3.44. The molecule has 1 aromatic carbocycles. The third kappa shape index (κ3) is 4.06. The average Bonchev–Trinajstić information content (AvgIpc) is 2.76. The molecule has 37 heavy (non-hydrogen) atoms. The number of ketones is 2. The van der Waals surface area contributed by atoms with Crippen LogP contribution in [0.1, 0.15) is 51.7 Å². The Kier molecular flexibility index (Phi) is 6.36. The van der Waals surface area contributed by atoms with Crippen molar-refractivity contribution in [2.75, 3.05) is 5.32 Å². The van der Waals surface area contributed by atoms with Crippen LogP contribution in [0.3, 0.4) is 0 Å². The molecule has 4 rings (SSSR count). The molecular formula is C26H32N2O9. The van der Waals surface area contributed by atoms with E-state index in [0.717, 1.165) is 0 Å². The number of nitrogens with two attached hydrogens (primary N) is 1. The molecule has 0 aromatic heterocycles. The molecule has 0 spiro atoms. The largest absolute Gasteiger partial charge is 0.507 e. The van der Waals surface area contributed by atoms with Crippen molar-refractivity contribution in [1.29, 1.82) is 0 Å². The molecule has 0 saturated heterocycles. The number of Topliss-reactive ketones (excluding diaryl/α,β-unsaturated/α-hetero) is 2. The van der Waals surface area contributed by atoms with E-state index in [0.29, 0.717) is 5.56 Å². The van der Waals surface area contributed by atoms with E-state index in [9.17, 15) is 39.6 Å². The number of fused-ring (bicyclic) bond motifs is 3. The summed E-state index contributed by atoms with van der Waals surface area (Å²) >= 11 is 0. The number of carbonyl (C=O) groups is 4. The van der Waals surface area contributed by atoms with E-state index in [2.05, 4.69) is 5.32 Å². The summed E-state index contributed by atoms with van der Waals surface area (Å²) in [5, 5.41) is 46.7. The summed E-state index contributed by atoms with van der Waals surface area (Å²) in [6.45, 7) is 8.24. The number of hydrogen-bond acceptors (Lipinski definition) is 9. The van der Waals surface area contributed by atoms with Crippen LogP contribution < -0.4 is 11.1 Å². The molecule has 0 aliphatic heterocycles. The fourth-order valence-electron chi connectivity index (χ4n) is 6.15. The number of carbonyl (C=O) groups excluding carboxylic acids is 4. The summed E-state index contributed by atoms with van der Waals surface area (Å²) in [5.41, 5.74) is 4.50. The predicted octanol–water partition coefficient (Wildman–Crippen LogP) is 1.60.